The van der Waals surface area contributed by atoms with Gasteiger partial charge >= 0.3 is 0 Å². The molecule has 20 heavy (non-hydrogen) atoms. The van der Waals surface area contributed by atoms with E-state index in [1.807, 2.05) is 0 Å². The Morgan fingerprint density at radius 2 is 2.25 bits per heavy atom. The third-order valence-corrected chi connectivity index (χ3v) is 2.55. The first-order valence-electron chi connectivity index (χ1n) is 5.86. The molecule has 0 spiro atoms. The molecule has 0 aliphatic carbocycles. The normalized spacial score (nSPS) is 10.4. The molecule has 3 heterocycles. The van der Waals surface area contributed by atoms with E-state index in [0.717, 1.165) is 0 Å². The topological polar surface area (TPSA) is 94.1 Å². The summed E-state index contributed by atoms with van der Waals surface area (Å²) in [6.45, 7) is 0.236. The number of furan rings is 1. The van der Waals surface area contributed by atoms with Gasteiger partial charge in [-0.05, 0) is 12.1 Å². The number of nitrogens with one attached hydrogen (secondary N) is 1. The molecule has 3 aromatic heterocycles. The number of aromatic nitrogens is 3. The summed E-state index contributed by atoms with van der Waals surface area (Å²) in [7, 11) is 0. The molecule has 7 nitrogen and oxygen atoms in total. The zero-order valence-electron chi connectivity index (χ0n) is 10.3. The molecule has 7 heteroatoms. The standard InChI is InChI=1S/C13H10N4O3/c18-13(10-8-14-3-4-15-10)16-7-9-6-12(20-17-9)11-2-1-5-19-11/h1-6,8H,7H2,(H,16,18). The van der Waals surface area contributed by atoms with Crippen LogP contribution in [0.4, 0.5) is 0 Å². The van der Waals surface area contributed by atoms with Crippen molar-refractivity contribution in [2.75, 3.05) is 0 Å². The van der Waals surface area contributed by atoms with Gasteiger partial charge in [0.25, 0.3) is 5.91 Å². The van der Waals surface area contributed by atoms with Crippen molar-refractivity contribution in [3.63, 3.8) is 0 Å². The first kappa shape index (κ1) is 12.1. The molecule has 0 saturated heterocycles. The van der Waals surface area contributed by atoms with Crippen LogP contribution in [-0.4, -0.2) is 21.0 Å². The van der Waals surface area contributed by atoms with Gasteiger partial charge in [0.1, 0.15) is 11.4 Å². The number of rotatable bonds is 4. The molecular weight excluding hydrogens is 260 g/mol. The lowest BCUT2D eigenvalue weighted by molar-refractivity contribution is 0.0944. The second-order valence-electron chi connectivity index (χ2n) is 3.93. The summed E-state index contributed by atoms with van der Waals surface area (Å²) in [6, 6.07) is 5.23. The van der Waals surface area contributed by atoms with Gasteiger partial charge in [-0.3, -0.25) is 9.78 Å². The van der Waals surface area contributed by atoms with Crippen LogP contribution < -0.4 is 5.32 Å². The van der Waals surface area contributed by atoms with Gasteiger partial charge in [-0.1, -0.05) is 5.16 Å². The number of hydrogen-bond donors (Lipinski definition) is 1. The highest BCUT2D eigenvalue weighted by Gasteiger charge is 2.11. The van der Waals surface area contributed by atoms with Crippen molar-refractivity contribution >= 4 is 5.91 Å². The van der Waals surface area contributed by atoms with E-state index >= 15 is 0 Å². The smallest absolute Gasteiger partial charge is 0.271 e. The number of carbonyl (C=O) groups excluding carboxylic acids is 1. The van der Waals surface area contributed by atoms with Crippen LogP contribution in [0.5, 0.6) is 0 Å². The molecule has 0 aromatic carbocycles. The average molecular weight is 270 g/mol. The second-order valence-corrected chi connectivity index (χ2v) is 3.93. The molecule has 100 valence electrons. The van der Waals surface area contributed by atoms with Crippen LogP contribution in [0.15, 0.2) is 52.0 Å². The lowest BCUT2D eigenvalue weighted by Crippen LogP contribution is -2.23. The van der Waals surface area contributed by atoms with Gasteiger partial charge in [0.05, 0.1) is 19.0 Å². The Balaban J connectivity index is 1.63. The lowest BCUT2D eigenvalue weighted by Gasteiger charge is -2.00. The average Bonchev–Trinajstić information content (AvgIpc) is 3.16. The first-order valence-corrected chi connectivity index (χ1v) is 5.86. The predicted octanol–water partition coefficient (Wildman–Crippen LogP) is 1.65. The van der Waals surface area contributed by atoms with E-state index in [2.05, 4.69) is 20.4 Å². The highest BCUT2D eigenvalue weighted by molar-refractivity contribution is 5.91. The van der Waals surface area contributed by atoms with E-state index in [1.54, 1.807) is 24.5 Å². The molecular formula is C13H10N4O3. The van der Waals surface area contributed by atoms with Crippen molar-refractivity contribution in [1.29, 1.82) is 0 Å². The Labute approximate surface area is 113 Å². The van der Waals surface area contributed by atoms with E-state index in [9.17, 15) is 4.79 Å². The monoisotopic (exact) mass is 270 g/mol. The molecule has 0 radical (unpaired) electrons. The quantitative estimate of drug-likeness (QED) is 0.774. The van der Waals surface area contributed by atoms with Crippen molar-refractivity contribution < 1.29 is 13.7 Å². The van der Waals surface area contributed by atoms with E-state index in [0.29, 0.717) is 17.2 Å². The number of amides is 1. The van der Waals surface area contributed by atoms with Gasteiger partial charge < -0.3 is 14.3 Å². The van der Waals surface area contributed by atoms with Crippen LogP contribution in [-0.2, 0) is 6.54 Å². The molecule has 0 atom stereocenters. The van der Waals surface area contributed by atoms with Crippen molar-refractivity contribution in [1.82, 2.24) is 20.4 Å². The lowest BCUT2D eigenvalue weighted by atomic mass is 10.3. The minimum atomic E-state index is -0.319. The largest absolute Gasteiger partial charge is 0.461 e. The van der Waals surface area contributed by atoms with Gasteiger partial charge in [0.15, 0.2) is 5.76 Å². The molecule has 3 rings (SSSR count). The van der Waals surface area contributed by atoms with E-state index in [4.69, 9.17) is 8.94 Å². The Morgan fingerprint density at radius 1 is 1.30 bits per heavy atom. The maximum absolute atomic E-state index is 11.8. The number of hydrogen-bond acceptors (Lipinski definition) is 6. The minimum Gasteiger partial charge on any atom is -0.461 e. The fraction of sp³-hybridized carbons (Fsp3) is 0.0769. The van der Waals surface area contributed by atoms with Gasteiger partial charge in [-0.2, -0.15) is 0 Å². The maximum atomic E-state index is 11.8. The SMILES string of the molecule is O=C(NCc1cc(-c2ccco2)on1)c1cnccn1. The first-order chi connectivity index (χ1) is 9.83. The summed E-state index contributed by atoms with van der Waals surface area (Å²) >= 11 is 0. The third kappa shape index (κ3) is 2.56. The molecule has 0 fully saturated rings. The van der Waals surface area contributed by atoms with E-state index in [-0.39, 0.29) is 18.1 Å². The van der Waals surface area contributed by atoms with E-state index < -0.39 is 0 Å². The highest BCUT2D eigenvalue weighted by atomic mass is 16.5. The summed E-state index contributed by atoms with van der Waals surface area (Å²) in [6.07, 6.45) is 5.91. The Morgan fingerprint density at radius 3 is 3.00 bits per heavy atom. The number of nitrogens with zero attached hydrogens (tertiary/aromatic N) is 3. The van der Waals surface area contributed by atoms with Gasteiger partial charge in [0, 0.05) is 18.5 Å². The summed E-state index contributed by atoms with van der Waals surface area (Å²) < 4.78 is 10.3. The van der Waals surface area contributed by atoms with Crippen LogP contribution in [0, 0.1) is 0 Å². The highest BCUT2D eigenvalue weighted by Crippen LogP contribution is 2.20. The minimum absolute atomic E-state index is 0.236. The summed E-state index contributed by atoms with van der Waals surface area (Å²) in [5.41, 5.74) is 0.843. The van der Waals surface area contributed by atoms with Crippen LogP contribution in [0.3, 0.4) is 0 Å². The molecule has 0 bridgehead atoms. The maximum Gasteiger partial charge on any atom is 0.271 e. The van der Waals surface area contributed by atoms with Crippen LogP contribution in [0.25, 0.3) is 11.5 Å². The van der Waals surface area contributed by atoms with Crippen molar-refractivity contribution in [3.05, 3.63) is 54.4 Å². The van der Waals surface area contributed by atoms with Crippen molar-refractivity contribution in [3.8, 4) is 11.5 Å². The van der Waals surface area contributed by atoms with Crippen molar-refractivity contribution in [2.45, 2.75) is 6.54 Å². The predicted molar refractivity (Wildman–Crippen MR) is 67.4 cm³/mol. The third-order valence-electron chi connectivity index (χ3n) is 2.55. The van der Waals surface area contributed by atoms with Crippen LogP contribution in [0.1, 0.15) is 16.2 Å². The molecule has 3 aromatic rings. The summed E-state index contributed by atoms with van der Waals surface area (Å²) in [5.74, 6) is 0.781. The van der Waals surface area contributed by atoms with Gasteiger partial charge in [0.2, 0.25) is 5.76 Å². The molecule has 0 saturated carbocycles. The fourth-order valence-corrected chi connectivity index (χ4v) is 1.61. The van der Waals surface area contributed by atoms with Crippen molar-refractivity contribution in [2.24, 2.45) is 0 Å². The summed E-state index contributed by atoms with van der Waals surface area (Å²) in [5, 5.41) is 6.53. The number of carbonyl (C=O) groups is 1. The zero-order valence-corrected chi connectivity index (χ0v) is 10.3. The second kappa shape index (κ2) is 5.35. The molecule has 1 N–H and O–H groups in total. The summed E-state index contributed by atoms with van der Waals surface area (Å²) in [4.78, 5) is 19.5. The molecule has 0 aliphatic heterocycles. The fourth-order valence-electron chi connectivity index (χ4n) is 1.61. The molecule has 1 amide bonds. The Kier molecular flexibility index (Phi) is 3.24. The van der Waals surface area contributed by atoms with Crippen LogP contribution in [0.2, 0.25) is 0 Å². The van der Waals surface area contributed by atoms with Gasteiger partial charge in [-0.25, -0.2) is 4.98 Å². The zero-order chi connectivity index (χ0) is 13.8. The Hall–Kier alpha value is -2.96. The van der Waals surface area contributed by atoms with Gasteiger partial charge in [-0.15, -0.1) is 0 Å². The Bertz CT molecular complexity index is 692. The van der Waals surface area contributed by atoms with Crippen LogP contribution >= 0.6 is 0 Å². The van der Waals surface area contributed by atoms with E-state index in [1.165, 1.54) is 18.6 Å². The molecule has 0 aliphatic rings. The molecule has 0 unspecified atom stereocenters.